The van der Waals surface area contributed by atoms with Gasteiger partial charge in [0.1, 0.15) is 0 Å². The van der Waals surface area contributed by atoms with Crippen LogP contribution in [0.4, 0.5) is 0 Å². The van der Waals surface area contributed by atoms with Gasteiger partial charge in [-0.25, -0.2) is 13.4 Å². The number of hydrogen-bond acceptors (Lipinski definition) is 4. The van der Waals surface area contributed by atoms with Gasteiger partial charge in [-0.15, -0.1) is 11.3 Å². The lowest BCUT2D eigenvalue weighted by molar-refractivity contribution is 0.467. The van der Waals surface area contributed by atoms with Gasteiger partial charge in [-0.3, -0.25) is 0 Å². The smallest absolute Gasteiger partial charge is 0.260 e. The third kappa shape index (κ3) is 2.16. The number of rotatable bonds is 4. The van der Waals surface area contributed by atoms with E-state index in [-0.39, 0.29) is 5.03 Å². The Labute approximate surface area is 97.8 Å². The van der Waals surface area contributed by atoms with E-state index in [1.807, 2.05) is 17.5 Å². The third-order valence-electron chi connectivity index (χ3n) is 2.12. The molecule has 0 spiro atoms. The first-order chi connectivity index (χ1) is 7.60. The van der Waals surface area contributed by atoms with Crippen LogP contribution in [-0.4, -0.2) is 29.7 Å². The highest BCUT2D eigenvalue weighted by Crippen LogP contribution is 2.16. The summed E-state index contributed by atoms with van der Waals surface area (Å²) in [5, 5.41) is 2.04. The number of thiophene rings is 1. The number of H-pyrrole nitrogens is 1. The van der Waals surface area contributed by atoms with Crippen LogP contribution >= 0.6 is 11.3 Å². The van der Waals surface area contributed by atoms with Gasteiger partial charge in [0.2, 0.25) is 0 Å². The molecule has 0 aromatic carbocycles. The van der Waals surface area contributed by atoms with Crippen molar-refractivity contribution < 1.29 is 8.42 Å². The fraction of sp³-hybridized carbons (Fsp3) is 0.222. The molecular weight excluding hydrogens is 246 g/mol. The van der Waals surface area contributed by atoms with Crippen LogP contribution in [0.5, 0.6) is 0 Å². The summed E-state index contributed by atoms with van der Waals surface area (Å²) in [6.07, 6.45) is 2.66. The molecule has 16 heavy (non-hydrogen) atoms. The maximum absolute atomic E-state index is 12.0. The lowest BCUT2D eigenvalue weighted by Gasteiger charge is -2.14. The number of hydrogen-bond donors (Lipinski definition) is 1. The summed E-state index contributed by atoms with van der Waals surface area (Å²) in [7, 11) is -1.90. The van der Waals surface area contributed by atoms with Gasteiger partial charge in [0.15, 0.2) is 5.03 Å². The molecule has 0 aliphatic heterocycles. The lowest BCUT2D eigenvalue weighted by atomic mass is 10.5. The Bertz CT molecular complexity index is 531. The molecule has 1 N–H and O–H groups in total. The molecule has 7 heteroatoms. The predicted molar refractivity (Wildman–Crippen MR) is 61.6 cm³/mol. The zero-order valence-electron chi connectivity index (χ0n) is 8.62. The molecule has 2 heterocycles. The standard InChI is InChI=1S/C9H11N3O2S2/c1-12(6-8-3-2-4-15-8)16(13,14)9-5-10-7-11-9/h2-5,7H,6H2,1H3,(H,10,11). The first-order valence-electron chi connectivity index (χ1n) is 4.58. The molecule has 86 valence electrons. The molecule has 0 fully saturated rings. The van der Waals surface area contributed by atoms with E-state index in [4.69, 9.17) is 0 Å². The van der Waals surface area contributed by atoms with Gasteiger partial charge in [-0.1, -0.05) is 6.07 Å². The van der Waals surface area contributed by atoms with E-state index in [0.717, 1.165) is 4.88 Å². The van der Waals surface area contributed by atoms with E-state index in [1.54, 1.807) is 7.05 Å². The first-order valence-corrected chi connectivity index (χ1v) is 6.90. The first kappa shape index (κ1) is 11.3. The van der Waals surface area contributed by atoms with Crippen LogP contribution in [0.3, 0.4) is 0 Å². The number of aromatic amines is 1. The van der Waals surface area contributed by atoms with Crippen molar-refractivity contribution >= 4 is 21.4 Å². The number of sulfonamides is 1. The summed E-state index contributed by atoms with van der Waals surface area (Å²) in [5.74, 6) is 0. The zero-order valence-corrected chi connectivity index (χ0v) is 10.3. The van der Waals surface area contributed by atoms with Crippen molar-refractivity contribution in [2.24, 2.45) is 0 Å². The number of imidazole rings is 1. The summed E-state index contributed by atoms with van der Waals surface area (Å²) < 4.78 is 25.3. The maximum atomic E-state index is 12.0. The van der Waals surface area contributed by atoms with Crippen molar-refractivity contribution in [2.75, 3.05) is 7.05 Å². The molecule has 0 unspecified atom stereocenters. The summed E-state index contributed by atoms with van der Waals surface area (Å²) >= 11 is 1.53. The van der Waals surface area contributed by atoms with E-state index >= 15 is 0 Å². The van der Waals surface area contributed by atoms with Gasteiger partial charge < -0.3 is 4.98 Å². The second kappa shape index (κ2) is 4.36. The molecule has 2 aromatic heterocycles. The van der Waals surface area contributed by atoms with Gasteiger partial charge in [0, 0.05) is 18.5 Å². The number of aromatic nitrogens is 2. The summed E-state index contributed by atoms with van der Waals surface area (Å²) in [6.45, 7) is 0.374. The molecular formula is C9H11N3O2S2. The van der Waals surface area contributed by atoms with Crippen molar-refractivity contribution in [1.82, 2.24) is 14.3 Å². The van der Waals surface area contributed by atoms with Crippen LogP contribution in [0.1, 0.15) is 4.88 Å². The molecule has 0 atom stereocenters. The summed E-state index contributed by atoms with van der Waals surface area (Å²) in [5.41, 5.74) is 0. The van der Waals surface area contributed by atoms with Gasteiger partial charge >= 0.3 is 0 Å². The quantitative estimate of drug-likeness (QED) is 0.897. The Morgan fingerprint density at radius 2 is 2.38 bits per heavy atom. The average molecular weight is 257 g/mol. The Balaban J connectivity index is 2.19. The van der Waals surface area contributed by atoms with Crippen molar-refractivity contribution in [3.8, 4) is 0 Å². The molecule has 0 saturated carbocycles. The average Bonchev–Trinajstić information content (AvgIpc) is 2.89. The predicted octanol–water partition coefficient (Wildman–Crippen LogP) is 1.29. The SMILES string of the molecule is CN(Cc1cccs1)S(=O)(=O)c1cnc[nH]1. The Morgan fingerprint density at radius 3 is 2.94 bits per heavy atom. The van der Waals surface area contributed by atoms with E-state index < -0.39 is 10.0 Å². The minimum Gasteiger partial charge on any atom is -0.335 e. The Hall–Kier alpha value is -1.18. The van der Waals surface area contributed by atoms with Crippen molar-refractivity contribution in [2.45, 2.75) is 11.6 Å². The zero-order chi connectivity index (χ0) is 11.6. The summed E-state index contributed by atoms with van der Waals surface area (Å²) in [6, 6.07) is 3.81. The van der Waals surface area contributed by atoms with Crippen LogP contribution in [0.25, 0.3) is 0 Å². The van der Waals surface area contributed by atoms with Gasteiger partial charge in [0.05, 0.1) is 12.5 Å². The topological polar surface area (TPSA) is 66.1 Å². The van der Waals surface area contributed by atoms with Crippen LogP contribution in [0, 0.1) is 0 Å². The Morgan fingerprint density at radius 1 is 1.56 bits per heavy atom. The highest BCUT2D eigenvalue weighted by Gasteiger charge is 2.22. The second-order valence-electron chi connectivity index (χ2n) is 3.26. The van der Waals surface area contributed by atoms with Crippen molar-refractivity contribution in [3.05, 3.63) is 34.9 Å². The highest BCUT2D eigenvalue weighted by atomic mass is 32.2. The maximum Gasteiger partial charge on any atom is 0.260 e. The molecule has 0 aliphatic rings. The molecule has 0 radical (unpaired) electrons. The highest BCUT2D eigenvalue weighted by molar-refractivity contribution is 7.89. The second-order valence-corrected chi connectivity index (χ2v) is 6.30. The molecule has 0 bridgehead atoms. The van der Waals surface area contributed by atoms with Crippen molar-refractivity contribution in [3.63, 3.8) is 0 Å². The van der Waals surface area contributed by atoms with E-state index in [0.29, 0.717) is 6.54 Å². The third-order valence-corrected chi connectivity index (χ3v) is 4.71. The van der Waals surface area contributed by atoms with Crippen LogP contribution in [0.15, 0.2) is 35.1 Å². The fourth-order valence-corrected chi connectivity index (χ4v) is 3.14. The molecule has 0 saturated heterocycles. The minimum absolute atomic E-state index is 0.117. The number of nitrogens with one attached hydrogen (secondary N) is 1. The van der Waals surface area contributed by atoms with Gasteiger partial charge in [-0.2, -0.15) is 4.31 Å². The molecule has 2 rings (SSSR count). The normalized spacial score (nSPS) is 12.1. The van der Waals surface area contributed by atoms with Crippen LogP contribution in [0.2, 0.25) is 0 Å². The van der Waals surface area contributed by atoms with Crippen molar-refractivity contribution in [1.29, 1.82) is 0 Å². The fourth-order valence-electron chi connectivity index (χ4n) is 1.26. The largest absolute Gasteiger partial charge is 0.335 e. The molecule has 0 aliphatic carbocycles. The molecule has 2 aromatic rings. The summed E-state index contributed by atoms with van der Waals surface area (Å²) in [4.78, 5) is 7.31. The monoisotopic (exact) mass is 257 g/mol. The number of nitrogens with zero attached hydrogens (tertiary/aromatic N) is 2. The van der Waals surface area contributed by atoms with E-state index in [2.05, 4.69) is 9.97 Å². The van der Waals surface area contributed by atoms with Crippen LogP contribution < -0.4 is 0 Å². The molecule has 0 amide bonds. The Kier molecular flexibility index (Phi) is 3.08. The van der Waals surface area contributed by atoms with E-state index in [9.17, 15) is 8.42 Å². The van der Waals surface area contributed by atoms with Gasteiger partial charge in [0.25, 0.3) is 10.0 Å². The van der Waals surface area contributed by atoms with Gasteiger partial charge in [-0.05, 0) is 11.4 Å². The van der Waals surface area contributed by atoms with E-state index in [1.165, 1.54) is 28.2 Å². The van der Waals surface area contributed by atoms with Crippen LogP contribution in [-0.2, 0) is 16.6 Å². The minimum atomic E-state index is -3.45. The molecule has 5 nitrogen and oxygen atoms in total. The lowest BCUT2D eigenvalue weighted by Crippen LogP contribution is -2.26.